The second kappa shape index (κ2) is 11.0. The molecule has 0 aromatic carbocycles. The van der Waals surface area contributed by atoms with Crippen molar-refractivity contribution in [2.75, 3.05) is 7.11 Å². The zero-order valence-corrected chi connectivity index (χ0v) is 14.4. The molecule has 1 heterocycles. The number of ether oxygens (including phenoxy) is 1. The van der Waals surface area contributed by atoms with Crippen molar-refractivity contribution in [1.29, 1.82) is 0 Å². The lowest BCUT2D eigenvalue weighted by atomic mass is 10.0. The van der Waals surface area contributed by atoms with Gasteiger partial charge in [0.1, 0.15) is 0 Å². The minimum absolute atomic E-state index is 0.0973. The summed E-state index contributed by atoms with van der Waals surface area (Å²) in [4.78, 5) is 26.3. The third-order valence-electron chi connectivity index (χ3n) is 3.61. The van der Waals surface area contributed by atoms with E-state index < -0.39 is 0 Å². The van der Waals surface area contributed by atoms with Crippen molar-refractivity contribution in [3.63, 3.8) is 0 Å². The Morgan fingerprint density at radius 3 is 2.65 bits per heavy atom. The Balaban J connectivity index is 2.37. The van der Waals surface area contributed by atoms with Crippen molar-refractivity contribution in [2.24, 2.45) is 5.73 Å². The number of hydrogen-bond acceptors (Lipinski definition) is 6. The van der Waals surface area contributed by atoms with E-state index in [0.29, 0.717) is 19.3 Å². The van der Waals surface area contributed by atoms with E-state index in [4.69, 9.17) is 5.73 Å². The molecule has 0 bridgehead atoms. The van der Waals surface area contributed by atoms with Crippen molar-refractivity contribution >= 4 is 24.7 Å². The first-order chi connectivity index (χ1) is 11.1. The summed E-state index contributed by atoms with van der Waals surface area (Å²) in [5, 5.41) is 0. The molecule has 1 amide bonds. The predicted molar refractivity (Wildman–Crippen MR) is 91.7 cm³/mol. The van der Waals surface area contributed by atoms with Crippen molar-refractivity contribution in [1.82, 2.24) is 9.71 Å². The van der Waals surface area contributed by atoms with Gasteiger partial charge in [0.25, 0.3) is 0 Å². The predicted octanol–water partition coefficient (Wildman–Crippen LogP) is 2.10. The number of carbonyl (C=O) groups excluding carboxylic acids is 2. The summed E-state index contributed by atoms with van der Waals surface area (Å²) in [6, 6.07) is 3.88. The van der Waals surface area contributed by atoms with Gasteiger partial charge in [-0.1, -0.05) is 25.3 Å². The number of pyridine rings is 1. The maximum atomic E-state index is 11.0. The largest absolute Gasteiger partial charge is 0.469 e. The molecule has 1 aromatic heterocycles. The minimum atomic E-state index is -0.331. The number of unbranched alkanes of at least 4 members (excludes halogenated alkanes) is 2. The summed E-state index contributed by atoms with van der Waals surface area (Å²) in [5.41, 5.74) is 7.16. The Labute approximate surface area is 142 Å². The number of nitrogens with zero attached hydrogens (tertiary/aromatic N) is 1. The molecule has 0 spiro atoms. The highest BCUT2D eigenvalue weighted by molar-refractivity contribution is 7.78. The molecule has 1 aromatic rings. The number of aryl methyl sites for hydroxylation is 1. The molecule has 0 radical (unpaired) electrons. The molecule has 1 unspecified atom stereocenters. The van der Waals surface area contributed by atoms with Gasteiger partial charge >= 0.3 is 5.97 Å². The number of nitrogens with two attached hydrogens (primary N) is 1. The number of thiol groups is 1. The molecule has 0 saturated heterocycles. The molecular formula is C16H25N3O3S. The highest BCUT2D eigenvalue weighted by Gasteiger charge is 2.12. The fraction of sp³-hybridized carbons (Fsp3) is 0.562. The maximum absolute atomic E-state index is 11.0. The fourth-order valence-corrected chi connectivity index (χ4v) is 2.49. The van der Waals surface area contributed by atoms with Crippen LogP contribution in [0.5, 0.6) is 0 Å². The topological polar surface area (TPSA) is 94.3 Å². The van der Waals surface area contributed by atoms with E-state index in [1.165, 1.54) is 7.11 Å². The maximum Gasteiger partial charge on any atom is 0.305 e. The number of rotatable bonds is 11. The molecule has 3 N–H and O–H groups in total. The molecule has 6 nitrogen and oxygen atoms in total. The third-order valence-corrected chi connectivity index (χ3v) is 3.93. The van der Waals surface area contributed by atoms with Crippen molar-refractivity contribution < 1.29 is 14.3 Å². The summed E-state index contributed by atoms with van der Waals surface area (Å²) in [5.74, 6) is -0.487. The van der Waals surface area contributed by atoms with Gasteiger partial charge in [-0.25, -0.2) is 0 Å². The molecule has 1 atom stereocenters. The van der Waals surface area contributed by atoms with Crippen molar-refractivity contribution in [3.05, 3.63) is 29.6 Å². The lowest BCUT2D eigenvalue weighted by Gasteiger charge is -2.14. The number of carbonyl (C=O) groups is 2. The molecule has 23 heavy (non-hydrogen) atoms. The monoisotopic (exact) mass is 339 g/mol. The van der Waals surface area contributed by atoms with Crippen LogP contribution in [-0.2, 0) is 20.7 Å². The van der Waals surface area contributed by atoms with Crippen molar-refractivity contribution in [3.8, 4) is 0 Å². The van der Waals surface area contributed by atoms with Crippen LogP contribution in [-0.4, -0.2) is 24.0 Å². The summed E-state index contributed by atoms with van der Waals surface area (Å²) < 4.78 is 7.46. The number of amides is 1. The van der Waals surface area contributed by atoms with Crippen LogP contribution in [0, 0.1) is 0 Å². The number of methoxy groups -OCH3 is 1. The molecule has 1 rings (SSSR count). The zero-order chi connectivity index (χ0) is 17.1. The molecule has 128 valence electrons. The van der Waals surface area contributed by atoms with E-state index in [1.807, 2.05) is 18.3 Å². The average Bonchev–Trinajstić information content (AvgIpc) is 2.55. The summed E-state index contributed by atoms with van der Waals surface area (Å²) in [7, 11) is 1.41. The number of nitrogens with one attached hydrogen (secondary N) is 1. The van der Waals surface area contributed by atoms with Crippen LogP contribution >= 0.6 is 12.8 Å². The Bertz CT molecular complexity index is 494. The van der Waals surface area contributed by atoms with E-state index in [0.717, 1.165) is 36.9 Å². The fourth-order valence-electron chi connectivity index (χ4n) is 2.23. The van der Waals surface area contributed by atoms with Gasteiger partial charge in [-0.3, -0.25) is 19.3 Å². The van der Waals surface area contributed by atoms with Gasteiger partial charge in [0.2, 0.25) is 5.91 Å². The summed E-state index contributed by atoms with van der Waals surface area (Å²) in [6.07, 6.45) is 6.94. The summed E-state index contributed by atoms with van der Waals surface area (Å²) in [6.45, 7) is 0. The van der Waals surface area contributed by atoms with Crippen LogP contribution in [0.2, 0.25) is 0 Å². The van der Waals surface area contributed by atoms with E-state index in [2.05, 4.69) is 27.3 Å². The van der Waals surface area contributed by atoms with Crippen molar-refractivity contribution in [2.45, 2.75) is 51.0 Å². The lowest BCUT2D eigenvalue weighted by Crippen LogP contribution is -2.18. The van der Waals surface area contributed by atoms with E-state index in [9.17, 15) is 9.59 Å². The Morgan fingerprint density at radius 1 is 1.30 bits per heavy atom. The Kier molecular flexibility index (Phi) is 9.31. The first kappa shape index (κ1) is 19.4. The van der Waals surface area contributed by atoms with E-state index in [-0.39, 0.29) is 17.9 Å². The highest BCUT2D eigenvalue weighted by atomic mass is 32.1. The second-order valence-corrected chi connectivity index (χ2v) is 5.67. The highest BCUT2D eigenvalue weighted by Crippen LogP contribution is 2.18. The second-order valence-electron chi connectivity index (χ2n) is 5.41. The number of esters is 1. The normalized spacial score (nSPS) is 11.9. The smallest absolute Gasteiger partial charge is 0.305 e. The first-order valence-corrected chi connectivity index (χ1v) is 8.21. The van der Waals surface area contributed by atoms with Gasteiger partial charge in [-0.05, 0) is 37.3 Å². The van der Waals surface area contributed by atoms with Crippen LogP contribution in [0.3, 0.4) is 0 Å². The molecular weight excluding hydrogens is 314 g/mol. The van der Waals surface area contributed by atoms with E-state index >= 15 is 0 Å². The third kappa shape index (κ3) is 7.99. The molecule has 0 saturated carbocycles. The first-order valence-electron chi connectivity index (χ1n) is 7.76. The Morgan fingerprint density at radius 2 is 2.09 bits per heavy atom. The quantitative estimate of drug-likeness (QED) is 0.326. The van der Waals surface area contributed by atoms with Gasteiger partial charge in [-0.15, -0.1) is 0 Å². The molecule has 7 heteroatoms. The molecule has 0 fully saturated rings. The SMILES string of the molecule is COC(=O)CCCCCc1ccc(C(CCC(N)=O)NS)nc1. The van der Waals surface area contributed by atoms with Gasteiger partial charge in [0, 0.05) is 19.0 Å². The lowest BCUT2D eigenvalue weighted by molar-refractivity contribution is -0.140. The van der Waals surface area contributed by atoms with Gasteiger partial charge in [0.15, 0.2) is 0 Å². The van der Waals surface area contributed by atoms with Crippen LogP contribution in [0.25, 0.3) is 0 Å². The molecule has 0 aliphatic carbocycles. The molecule has 0 aliphatic heterocycles. The van der Waals surface area contributed by atoms with Crippen LogP contribution in [0.4, 0.5) is 0 Å². The van der Waals surface area contributed by atoms with Crippen LogP contribution < -0.4 is 10.5 Å². The molecule has 0 aliphatic rings. The summed E-state index contributed by atoms with van der Waals surface area (Å²) >= 11 is 4.08. The zero-order valence-electron chi connectivity index (χ0n) is 13.5. The number of primary amides is 1. The van der Waals surface area contributed by atoms with Crippen LogP contribution in [0.1, 0.15) is 55.8 Å². The number of aromatic nitrogens is 1. The van der Waals surface area contributed by atoms with Crippen LogP contribution in [0.15, 0.2) is 18.3 Å². The minimum Gasteiger partial charge on any atom is -0.469 e. The average molecular weight is 339 g/mol. The van der Waals surface area contributed by atoms with Gasteiger partial charge in [-0.2, -0.15) is 0 Å². The number of hydrogen-bond donors (Lipinski definition) is 3. The van der Waals surface area contributed by atoms with E-state index in [1.54, 1.807) is 0 Å². The van der Waals surface area contributed by atoms with Gasteiger partial charge < -0.3 is 10.5 Å². The Hall–Kier alpha value is -1.60. The van der Waals surface area contributed by atoms with Gasteiger partial charge in [0.05, 0.1) is 18.8 Å². The standard InChI is InChI=1S/C16H25N3O3S/c1-22-16(21)6-4-2-3-5-12-7-8-13(18-11-12)14(19-23)9-10-15(17)20/h7-8,11,14,19,23H,2-6,9-10H2,1H3,(H2,17,20).